The third-order valence-corrected chi connectivity index (χ3v) is 2.08. The summed E-state index contributed by atoms with van der Waals surface area (Å²) in [7, 11) is 0. The normalized spacial score (nSPS) is 11.1. The standard InChI is InChI=1S/C10H14FN3O/c1-10(2,9(13)15)14-8-4-3-6(11)5-7(8)12/h3-5,14H,12H2,1-2H3,(H2,13,15). The van der Waals surface area contributed by atoms with Gasteiger partial charge in [0.2, 0.25) is 5.91 Å². The number of nitrogens with one attached hydrogen (secondary N) is 1. The van der Waals surface area contributed by atoms with Crippen LogP contribution in [0.1, 0.15) is 13.8 Å². The summed E-state index contributed by atoms with van der Waals surface area (Å²) in [4.78, 5) is 11.0. The second kappa shape index (κ2) is 3.76. The van der Waals surface area contributed by atoms with Gasteiger partial charge in [-0.05, 0) is 32.0 Å². The molecular formula is C10H14FN3O. The molecule has 0 saturated heterocycles. The Kier molecular flexibility index (Phi) is 2.83. The zero-order valence-corrected chi connectivity index (χ0v) is 8.67. The van der Waals surface area contributed by atoms with Crippen LogP contribution in [0, 0.1) is 5.82 Å². The summed E-state index contributed by atoms with van der Waals surface area (Å²) >= 11 is 0. The number of carbonyl (C=O) groups is 1. The Balaban J connectivity index is 2.95. The number of amides is 1. The average Bonchev–Trinajstić information content (AvgIpc) is 2.09. The van der Waals surface area contributed by atoms with Crippen molar-refractivity contribution in [3.8, 4) is 0 Å². The Hall–Kier alpha value is -1.78. The van der Waals surface area contributed by atoms with E-state index in [-0.39, 0.29) is 5.69 Å². The first kappa shape index (κ1) is 11.3. The fraction of sp³-hybridized carbons (Fsp3) is 0.300. The number of anilines is 2. The van der Waals surface area contributed by atoms with E-state index < -0.39 is 17.3 Å². The van der Waals surface area contributed by atoms with Crippen molar-refractivity contribution in [3.63, 3.8) is 0 Å². The highest BCUT2D eigenvalue weighted by Gasteiger charge is 2.24. The van der Waals surface area contributed by atoms with Crippen LogP contribution in [0.25, 0.3) is 0 Å². The van der Waals surface area contributed by atoms with Gasteiger partial charge in [0.05, 0.1) is 11.4 Å². The van der Waals surface area contributed by atoms with Gasteiger partial charge in [-0.2, -0.15) is 0 Å². The van der Waals surface area contributed by atoms with Gasteiger partial charge in [-0.1, -0.05) is 0 Å². The Bertz CT molecular complexity index is 390. The number of nitrogen functional groups attached to an aromatic ring is 1. The highest BCUT2D eigenvalue weighted by Crippen LogP contribution is 2.22. The molecule has 5 N–H and O–H groups in total. The summed E-state index contributed by atoms with van der Waals surface area (Å²) in [6, 6.07) is 3.91. The van der Waals surface area contributed by atoms with E-state index in [0.29, 0.717) is 5.69 Å². The van der Waals surface area contributed by atoms with Crippen LogP contribution in [0.2, 0.25) is 0 Å². The summed E-state index contributed by atoms with van der Waals surface area (Å²) in [5.41, 5.74) is 10.6. The second-order valence-electron chi connectivity index (χ2n) is 3.85. The fourth-order valence-electron chi connectivity index (χ4n) is 1.05. The second-order valence-corrected chi connectivity index (χ2v) is 3.85. The molecule has 0 aliphatic heterocycles. The molecule has 1 rings (SSSR count). The van der Waals surface area contributed by atoms with Crippen LogP contribution < -0.4 is 16.8 Å². The number of primary amides is 1. The van der Waals surface area contributed by atoms with Crippen LogP contribution in [0.5, 0.6) is 0 Å². The van der Waals surface area contributed by atoms with Gasteiger partial charge in [0.25, 0.3) is 0 Å². The topological polar surface area (TPSA) is 81.1 Å². The molecule has 0 radical (unpaired) electrons. The van der Waals surface area contributed by atoms with E-state index in [4.69, 9.17) is 11.5 Å². The Morgan fingerprint density at radius 2 is 2.07 bits per heavy atom. The molecule has 4 nitrogen and oxygen atoms in total. The molecule has 0 aliphatic carbocycles. The molecule has 0 fully saturated rings. The molecule has 15 heavy (non-hydrogen) atoms. The van der Waals surface area contributed by atoms with E-state index >= 15 is 0 Å². The minimum atomic E-state index is -0.925. The maximum absolute atomic E-state index is 12.7. The molecule has 1 amide bonds. The van der Waals surface area contributed by atoms with Gasteiger partial charge in [-0.25, -0.2) is 4.39 Å². The minimum Gasteiger partial charge on any atom is -0.397 e. The largest absolute Gasteiger partial charge is 0.397 e. The van der Waals surface area contributed by atoms with Crippen molar-refractivity contribution >= 4 is 17.3 Å². The molecule has 0 saturated carbocycles. The summed E-state index contributed by atoms with van der Waals surface area (Å²) in [6.07, 6.45) is 0. The Labute approximate surface area is 87.4 Å². The molecule has 0 heterocycles. The summed E-state index contributed by atoms with van der Waals surface area (Å²) in [5, 5.41) is 2.85. The quantitative estimate of drug-likeness (QED) is 0.654. The van der Waals surface area contributed by atoms with Crippen molar-refractivity contribution in [1.82, 2.24) is 0 Å². The van der Waals surface area contributed by atoms with Gasteiger partial charge in [0.1, 0.15) is 11.4 Å². The fourth-order valence-corrected chi connectivity index (χ4v) is 1.05. The molecule has 0 spiro atoms. The van der Waals surface area contributed by atoms with Crippen LogP contribution in [-0.2, 0) is 4.79 Å². The number of hydrogen-bond donors (Lipinski definition) is 3. The van der Waals surface area contributed by atoms with E-state index in [2.05, 4.69) is 5.32 Å². The summed E-state index contributed by atoms with van der Waals surface area (Å²) in [6.45, 7) is 3.25. The van der Waals surface area contributed by atoms with Crippen molar-refractivity contribution in [2.75, 3.05) is 11.1 Å². The molecule has 5 heteroatoms. The first-order valence-corrected chi connectivity index (χ1v) is 4.46. The number of carbonyl (C=O) groups excluding carboxylic acids is 1. The third-order valence-electron chi connectivity index (χ3n) is 2.08. The predicted molar refractivity (Wildman–Crippen MR) is 57.7 cm³/mol. The van der Waals surface area contributed by atoms with Gasteiger partial charge in [0, 0.05) is 0 Å². The van der Waals surface area contributed by atoms with Gasteiger partial charge < -0.3 is 16.8 Å². The lowest BCUT2D eigenvalue weighted by Gasteiger charge is -2.24. The lowest BCUT2D eigenvalue weighted by atomic mass is 10.0. The maximum Gasteiger partial charge on any atom is 0.242 e. The molecule has 0 aliphatic rings. The predicted octanol–water partition coefficient (Wildman–Crippen LogP) is 1.08. The van der Waals surface area contributed by atoms with Crippen LogP contribution in [0.4, 0.5) is 15.8 Å². The minimum absolute atomic E-state index is 0.240. The highest BCUT2D eigenvalue weighted by atomic mass is 19.1. The zero-order chi connectivity index (χ0) is 11.6. The number of benzene rings is 1. The number of halogens is 1. The molecule has 1 aromatic carbocycles. The molecule has 1 aromatic rings. The first-order valence-electron chi connectivity index (χ1n) is 4.46. The smallest absolute Gasteiger partial charge is 0.242 e. The van der Waals surface area contributed by atoms with E-state index in [9.17, 15) is 9.18 Å². The number of rotatable bonds is 3. The van der Waals surface area contributed by atoms with Crippen LogP contribution in [0.15, 0.2) is 18.2 Å². The van der Waals surface area contributed by atoms with Gasteiger partial charge >= 0.3 is 0 Å². The van der Waals surface area contributed by atoms with Crippen LogP contribution >= 0.6 is 0 Å². The number of nitrogens with two attached hydrogens (primary N) is 2. The van der Waals surface area contributed by atoms with Crippen molar-refractivity contribution in [3.05, 3.63) is 24.0 Å². The van der Waals surface area contributed by atoms with Gasteiger partial charge in [-0.3, -0.25) is 4.79 Å². The van der Waals surface area contributed by atoms with Gasteiger partial charge in [-0.15, -0.1) is 0 Å². The molecule has 0 aromatic heterocycles. The van der Waals surface area contributed by atoms with Crippen LogP contribution in [-0.4, -0.2) is 11.4 Å². The number of hydrogen-bond acceptors (Lipinski definition) is 3. The summed E-state index contributed by atoms with van der Waals surface area (Å²) < 4.78 is 12.7. The SMILES string of the molecule is CC(C)(Nc1ccc(F)cc1N)C(N)=O. The highest BCUT2D eigenvalue weighted by molar-refractivity contribution is 5.88. The molecule has 82 valence electrons. The molecule has 0 atom stereocenters. The van der Waals surface area contributed by atoms with E-state index in [1.165, 1.54) is 18.2 Å². The first-order chi connectivity index (χ1) is 6.83. The molecular weight excluding hydrogens is 197 g/mol. The maximum atomic E-state index is 12.7. The van der Waals surface area contributed by atoms with Gasteiger partial charge in [0.15, 0.2) is 0 Å². The van der Waals surface area contributed by atoms with Crippen molar-refractivity contribution < 1.29 is 9.18 Å². The van der Waals surface area contributed by atoms with E-state index in [1.807, 2.05) is 0 Å². The monoisotopic (exact) mass is 211 g/mol. The molecule has 0 unspecified atom stereocenters. The van der Waals surface area contributed by atoms with Crippen molar-refractivity contribution in [1.29, 1.82) is 0 Å². The van der Waals surface area contributed by atoms with Crippen molar-refractivity contribution in [2.24, 2.45) is 5.73 Å². The Morgan fingerprint density at radius 1 is 1.47 bits per heavy atom. The molecule has 0 bridgehead atoms. The van der Waals surface area contributed by atoms with E-state index in [0.717, 1.165) is 0 Å². The Morgan fingerprint density at radius 3 is 2.53 bits per heavy atom. The lowest BCUT2D eigenvalue weighted by Crippen LogP contribution is -2.45. The zero-order valence-electron chi connectivity index (χ0n) is 8.67. The van der Waals surface area contributed by atoms with E-state index in [1.54, 1.807) is 13.8 Å². The average molecular weight is 211 g/mol. The van der Waals surface area contributed by atoms with Crippen LogP contribution in [0.3, 0.4) is 0 Å². The summed E-state index contributed by atoms with van der Waals surface area (Å²) in [5.74, 6) is -0.929. The van der Waals surface area contributed by atoms with Crippen molar-refractivity contribution in [2.45, 2.75) is 19.4 Å². The third kappa shape index (κ3) is 2.59. The lowest BCUT2D eigenvalue weighted by molar-refractivity contribution is -0.121.